The summed E-state index contributed by atoms with van der Waals surface area (Å²) in [6.07, 6.45) is 1.74. The van der Waals surface area contributed by atoms with Gasteiger partial charge in [-0.1, -0.05) is 29.3 Å². The number of tetrazole rings is 1. The fourth-order valence-electron chi connectivity index (χ4n) is 3.23. The fraction of sp³-hybridized carbons (Fsp3) is 0.375. The van der Waals surface area contributed by atoms with E-state index in [1.807, 2.05) is 24.3 Å². The molecule has 2 aromatic heterocycles. The number of hydrogen-bond donors (Lipinski definition) is 1. The van der Waals surface area contributed by atoms with Gasteiger partial charge in [0.1, 0.15) is 5.82 Å². The number of ether oxygens (including phenoxy) is 1. The molecule has 0 unspecified atom stereocenters. The van der Waals surface area contributed by atoms with Gasteiger partial charge in [-0.3, -0.25) is 0 Å². The van der Waals surface area contributed by atoms with Crippen molar-refractivity contribution in [2.45, 2.75) is 18.3 Å². The van der Waals surface area contributed by atoms with Crippen molar-refractivity contribution in [1.29, 1.82) is 0 Å². The van der Waals surface area contributed by atoms with Crippen LogP contribution in [0.3, 0.4) is 0 Å². The number of aromatic nitrogens is 5. The van der Waals surface area contributed by atoms with Gasteiger partial charge in [0.2, 0.25) is 0 Å². The summed E-state index contributed by atoms with van der Waals surface area (Å²) in [7, 11) is 0. The summed E-state index contributed by atoms with van der Waals surface area (Å²) in [6.45, 7) is 2.07. The molecule has 0 aliphatic carbocycles. The summed E-state index contributed by atoms with van der Waals surface area (Å²) in [5.74, 6) is 0.704. The summed E-state index contributed by atoms with van der Waals surface area (Å²) in [6, 6.07) is 9.37. The maximum absolute atomic E-state index is 6.50. The number of rotatable bonds is 4. The van der Waals surface area contributed by atoms with Crippen molar-refractivity contribution in [1.82, 2.24) is 25.3 Å². The first-order valence-electron chi connectivity index (χ1n) is 7.99. The van der Waals surface area contributed by atoms with Gasteiger partial charge in [-0.25, -0.2) is 0 Å². The Labute approximate surface area is 154 Å². The van der Waals surface area contributed by atoms with Gasteiger partial charge in [-0.15, -0.1) is 14.8 Å². The van der Waals surface area contributed by atoms with E-state index in [9.17, 15) is 0 Å². The van der Waals surface area contributed by atoms with Crippen molar-refractivity contribution in [3.63, 3.8) is 0 Å². The minimum atomic E-state index is -0.142. The van der Waals surface area contributed by atoms with Gasteiger partial charge in [0.25, 0.3) is 0 Å². The van der Waals surface area contributed by atoms with Crippen LogP contribution in [0.25, 0.3) is 5.65 Å². The van der Waals surface area contributed by atoms with Crippen LogP contribution in [0, 0.1) is 0 Å². The number of benzene rings is 1. The Morgan fingerprint density at radius 1 is 1.16 bits per heavy atom. The van der Waals surface area contributed by atoms with E-state index in [4.69, 9.17) is 27.9 Å². The minimum Gasteiger partial charge on any atom is -0.381 e. The molecule has 0 radical (unpaired) electrons. The molecule has 7 nitrogen and oxygen atoms in total. The highest BCUT2D eigenvalue weighted by molar-refractivity contribution is 6.35. The van der Waals surface area contributed by atoms with Crippen LogP contribution in [0.2, 0.25) is 10.0 Å². The number of hydrogen-bond acceptors (Lipinski definition) is 6. The van der Waals surface area contributed by atoms with Gasteiger partial charge in [-0.05, 0) is 53.1 Å². The molecule has 9 heteroatoms. The quantitative estimate of drug-likeness (QED) is 0.751. The lowest BCUT2D eigenvalue weighted by atomic mass is 9.74. The molecule has 25 heavy (non-hydrogen) atoms. The number of halogens is 2. The van der Waals surface area contributed by atoms with E-state index in [0.717, 1.165) is 18.4 Å². The molecule has 3 aromatic rings. The molecule has 1 N–H and O–H groups in total. The highest BCUT2D eigenvalue weighted by Gasteiger charge is 2.36. The fourth-order valence-corrected chi connectivity index (χ4v) is 3.84. The molecular weight excluding hydrogens is 363 g/mol. The molecule has 0 saturated carbocycles. The van der Waals surface area contributed by atoms with Gasteiger partial charge < -0.3 is 10.1 Å². The topological polar surface area (TPSA) is 77.2 Å². The Hall–Kier alpha value is -1.96. The minimum absolute atomic E-state index is 0.142. The van der Waals surface area contributed by atoms with Crippen LogP contribution in [0.4, 0.5) is 5.82 Å². The maximum atomic E-state index is 6.50. The van der Waals surface area contributed by atoms with Gasteiger partial charge in [0, 0.05) is 35.2 Å². The average molecular weight is 379 g/mol. The highest BCUT2D eigenvalue weighted by Crippen LogP contribution is 2.39. The highest BCUT2D eigenvalue weighted by atomic mass is 35.5. The largest absolute Gasteiger partial charge is 0.381 e. The smallest absolute Gasteiger partial charge is 0.200 e. The molecule has 1 saturated heterocycles. The lowest BCUT2D eigenvalue weighted by Gasteiger charge is -2.38. The lowest BCUT2D eigenvalue weighted by Crippen LogP contribution is -2.40. The van der Waals surface area contributed by atoms with Crippen LogP contribution in [-0.2, 0) is 10.2 Å². The van der Waals surface area contributed by atoms with E-state index in [2.05, 4.69) is 25.9 Å². The van der Waals surface area contributed by atoms with Gasteiger partial charge in [0.15, 0.2) is 5.65 Å². The van der Waals surface area contributed by atoms with Crippen molar-refractivity contribution >= 4 is 34.7 Å². The molecule has 130 valence electrons. The van der Waals surface area contributed by atoms with E-state index in [0.29, 0.717) is 41.3 Å². The van der Waals surface area contributed by atoms with E-state index in [1.165, 1.54) is 4.63 Å². The first-order valence-corrected chi connectivity index (χ1v) is 8.74. The van der Waals surface area contributed by atoms with Crippen molar-refractivity contribution in [2.24, 2.45) is 0 Å². The zero-order valence-corrected chi connectivity index (χ0v) is 14.8. The predicted octanol–water partition coefficient (Wildman–Crippen LogP) is 2.99. The average Bonchev–Trinajstić information content (AvgIpc) is 3.08. The predicted molar refractivity (Wildman–Crippen MR) is 95.3 cm³/mol. The van der Waals surface area contributed by atoms with Crippen LogP contribution < -0.4 is 5.32 Å². The lowest BCUT2D eigenvalue weighted by molar-refractivity contribution is 0.0544. The summed E-state index contributed by atoms with van der Waals surface area (Å²) in [5, 5.41) is 20.4. The van der Waals surface area contributed by atoms with Gasteiger partial charge in [-0.2, -0.15) is 0 Å². The molecule has 0 spiro atoms. The van der Waals surface area contributed by atoms with Crippen LogP contribution >= 0.6 is 23.2 Å². The Morgan fingerprint density at radius 3 is 2.80 bits per heavy atom. The first-order chi connectivity index (χ1) is 12.2. The van der Waals surface area contributed by atoms with Crippen LogP contribution in [0.1, 0.15) is 18.4 Å². The third-order valence-electron chi connectivity index (χ3n) is 4.63. The molecule has 1 aromatic carbocycles. The summed E-state index contributed by atoms with van der Waals surface area (Å²) in [4.78, 5) is 0. The second-order valence-electron chi connectivity index (χ2n) is 6.12. The number of nitrogens with zero attached hydrogens (tertiary/aromatic N) is 5. The standard InChI is InChI=1S/C16H16Cl2N6O/c17-11-1-2-12(13(18)9-11)16(5-7-25-8-6-16)10-19-14-3-4-15-20-22-23-24(15)21-14/h1-4,9H,5-8,10H2,(H,19,21). The third kappa shape index (κ3) is 3.27. The van der Waals surface area contributed by atoms with E-state index >= 15 is 0 Å². The summed E-state index contributed by atoms with van der Waals surface area (Å²) < 4.78 is 6.96. The first kappa shape index (κ1) is 16.5. The Kier molecular flexibility index (Phi) is 4.45. The Bertz CT molecular complexity index is 893. The Balaban J connectivity index is 1.62. The summed E-state index contributed by atoms with van der Waals surface area (Å²) in [5.41, 5.74) is 1.54. The number of fused-ring (bicyclic) bond motifs is 1. The zero-order valence-electron chi connectivity index (χ0n) is 13.3. The van der Waals surface area contributed by atoms with Crippen LogP contribution in [-0.4, -0.2) is 45.0 Å². The van der Waals surface area contributed by atoms with E-state index in [-0.39, 0.29) is 5.41 Å². The van der Waals surface area contributed by atoms with Crippen molar-refractivity contribution < 1.29 is 4.74 Å². The maximum Gasteiger partial charge on any atom is 0.200 e. The van der Waals surface area contributed by atoms with Crippen molar-refractivity contribution in [3.05, 3.63) is 45.9 Å². The summed E-state index contributed by atoms with van der Waals surface area (Å²) >= 11 is 12.6. The third-order valence-corrected chi connectivity index (χ3v) is 5.18. The molecular formula is C16H16Cl2N6O. The second-order valence-corrected chi connectivity index (χ2v) is 6.96. The molecule has 1 aliphatic rings. The normalized spacial score (nSPS) is 16.9. The monoisotopic (exact) mass is 378 g/mol. The number of nitrogens with one attached hydrogen (secondary N) is 1. The SMILES string of the molecule is Clc1ccc(C2(CNc3ccc4nnnn4n3)CCOCC2)c(Cl)c1. The van der Waals surface area contributed by atoms with E-state index < -0.39 is 0 Å². The molecule has 4 rings (SSSR count). The molecule has 0 amide bonds. The van der Waals surface area contributed by atoms with Crippen LogP contribution in [0.15, 0.2) is 30.3 Å². The van der Waals surface area contributed by atoms with Crippen molar-refractivity contribution in [2.75, 3.05) is 25.1 Å². The van der Waals surface area contributed by atoms with Crippen LogP contribution in [0.5, 0.6) is 0 Å². The van der Waals surface area contributed by atoms with Gasteiger partial charge >= 0.3 is 0 Å². The molecule has 0 atom stereocenters. The molecule has 1 aliphatic heterocycles. The van der Waals surface area contributed by atoms with Gasteiger partial charge in [0.05, 0.1) is 0 Å². The second kappa shape index (κ2) is 6.74. The molecule has 3 heterocycles. The molecule has 0 bridgehead atoms. The zero-order chi connectivity index (χ0) is 17.3. The van der Waals surface area contributed by atoms with E-state index in [1.54, 1.807) is 6.07 Å². The molecule has 1 fully saturated rings. The number of anilines is 1. The Morgan fingerprint density at radius 2 is 2.00 bits per heavy atom. The van der Waals surface area contributed by atoms with Crippen molar-refractivity contribution in [3.8, 4) is 0 Å².